The topological polar surface area (TPSA) is 82.8 Å². The van der Waals surface area contributed by atoms with E-state index < -0.39 is 11.7 Å². The Morgan fingerprint density at radius 3 is 2.50 bits per heavy atom. The third-order valence-electron chi connectivity index (χ3n) is 2.53. The van der Waals surface area contributed by atoms with Crippen LogP contribution in [0, 0.1) is 0 Å². The predicted molar refractivity (Wildman–Crippen MR) is 76.5 cm³/mol. The summed E-state index contributed by atoms with van der Waals surface area (Å²) in [5.74, 6) is 5.66. The van der Waals surface area contributed by atoms with Gasteiger partial charge in [-0.05, 0) is 45.4 Å². The van der Waals surface area contributed by atoms with Gasteiger partial charge in [0.2, 0.25) is 0 Å². The van der Waals surface area contributed by atoms with E-state index in [-0.39, 0.29) is 6.10 Å². The molecule has 1 amide bonds. The minimum atomic E-state index is -0.556. The molecule has 0 fully saturated rings. The van der Waals surface area contributed by atoms with Crippen LogP contribution in [0.2, 0.25) is 0 Å². The Balaban J connectivity index is 2.88. The van der Waals surface area contributed by atoms with E-state index in [1.807, 2.05) is 6.92 Å². The van der Waals surface area contributed by atoms with Crippen LogP contribution in [0.5, 0.6) is 5.75 Å². The van der Waals surface area contributed by atoms with Crippen molar-refractivity contribution in [1.29, 1.82) is 0 Å². The van der Waals surface area contributed by atoms with E-state index >= 15 is 0 Å². The van der Waals surface area contributed by atoms with Crippen molar-refractivity contribution in [2.24, 2.45) is 5.90 Å². The van der Waals surface area contributed by atoms with E-state index in [4.69, 9.17) is 20.2 Å². The summed E-state index contributed by atoms with van der Waals surface area (Å²) >= 11 is 0. The maximum absolute atomic E-state index is 11.7. The molecular weight excluding hydrogens is 260 g/mol. The number of hydrogen-bond acceptors (Lipinski definition) is 5. The molecule has 1 atom stereocenters. The van der Waals surface area contributed by atoms with Crippen molar-refractivity contribution in [2.75, 3.05) is 12.4 Å². The molecule has 1 unspecified atom stereocenters. The Morgan fingerprint density at radius 1 is 1.35 bits per heavy atom. The van der Waals surface area contributed by atoms with Crippen LogP contribution < -0.4 is 16.0 Å². The number of methoxy groups -OCH3 is 1. The number of benzene rings is 1. The number of nitrogens with two attached hydrogens (primary N) is 1. The largest absolute Gasteiger partial charge is 0.495 e. The molecule has 1 rings (SSSR count). The van der Waals surface area contributed by atoms with Crippen molar-refractivity contribution in [2.45, 2.75) is 39.4 Å². The average Bonchev–Trinajstić information content (AvgIpc) is 2.36. The van der Waals surface area contributed by atoms with Crippen LogP contribution in [-0.2, 0) is 9.57 Å². The lowest BCUT2D eigenvalue weighted by molar-refractivity contribution is 0.0635. The summed E-state index contributed by atoms with van der Waals surface area (Å²) in [5, 5.41) is 2.64. The molecule has 0 aliphatic heterocycles. The van der Waals surface area contributed by atoms with E-state index in [1.165, 1.54) is 7.11 Å². The lowest BCUT2D eigenvalue weighted by atomic mass is 10.1. The lowest BCUT2D eigenvalue weighted by Gasteiger charge is -2.20. The molecule has 1 aromatic rings. The highest BCUT2D eigenvalue weighted by Gasteiger charge is 2.18. The Morgan fingerprint density at radius 2 is 2.00 bits per heavy atom. The van der Waals surface area contributed by atoms with Gasteiger partial charge < -0.3 is 9.47 Å². The average molecular weight is 282 g/mol. The van der Waals surface area contributed by atoms with Gasteiger partial charge in [-0.15, -0.1) is 0 Å². The second-order valence-electron chi connectivity index (χ2n) is 5.36. The molecule has 0 aliphatic rings. The van der Waals surface area contributed by atoms with Gasteiger partial charge in [0, 0.05) is 0 Å². The van der Waals surface area contributed by atoms with Crippen LogP contribution in [0.15, 0.2) is 18.2 Å². The molecule has 20 heavy (non-hydrogen) atoms. The minimum absolute atomic E-state index is 0.264. The summed E-state index contributed by atoms with van der Waals surface area (Å²) in [7, 11) is 1.52. The van der Waals surface area contributed by atoms with Gasteiger partial charge in [0.1, 0.15) is 17.5 Å². The van der Waals surface area contributed by atoms with Crippen molar-refractivity contribution in [3.05, 3.63) is 23.8 Å². The number of carbonyl (C=O) groups excluding carboxylic acids is 1. The first-order chi connectivity index (χ1) is 9.26. The van der Waals surface area contributed by atoms with Crippen molar-refractivity contribution in [1.82, 2.24) is 0 Å². The highest BCUT2D eigenvalue weighted by atomic mass is 16.6. The molecule has 0 radical (unpaired) electrons. The fourth-order valence-electron chi connectivity index (χ4n) is 1.56. The van der Waals surface area contributed by atoms with Gasteiger partial charge in [0.15, 0.2) is 0 Å². The van der Waals surface area contributed by atoms with Gasteiger partial charge in [-0.2, -0.15) is 0 Å². The van der Waals surface area contributed by atoms with Gasteiger partial charge >= 0.3 is 6.09 Å². The SMILES string of the molecule is COc1cc(C(C)ON)ccc1NC(=O)OC(C)(C)C. The zero-order valence-electron chi connectivity index (χ0n) is 12.5. The summed E-state index contributed by atoms with van der Waals surface area (Å²) in [5.41, 5.74) is 0.813. The van der Waals surface area contributed by atoms with Crippen LogP contribution in [0.4, 0.5) is 10.5 Å². The molecule has 0 bridgehead atoms. The van der Waals surface area contributed by atoms with Crippen LogP contribution in [0.25, 0.3) is 0 Å². The minimum Gasteiger partial charge on any atom is -0.495 e. The fraction of sp³-hybridized carbons (Fsp3) is 0.500. The summed E-state index contributed by atoms with van der Waals surface area (Å²) < 4.78 is 10.4. The van der Waals surface area contributed by atoms with E-state index in [9.17, 15) is 4.79 Å². The number of carbonyl (C=O) groups is 1. The van der Waals surface area contributed by atoms with Gasteiger partial charge in [0.25, 0.3) is 0 Å². The predicted octanol–water partition coefficient (Wildman–Crippen LogP) is 2.99. The van der Waals surface area contributed by atoms with E-state index in [0.29, 0.717) is 11.4 Å². The molecule has 6 nitrogen and oxygen atoms in total. The Hall–Kier alpha value is -1.79. The molecule has 0 heterocycles. The molecule has 0 saturated carbocycles. The van der Waals surface area contributed by atoms with E-state index in [1.54, 1.807) is 39.0 Å². The number of nitrogens with one attached hydrogen (secondary N) is 1. The van der Waals surface area contributed by atoms with Crippen LogP contribution in [0.3, 0.4) is 0 Å². The van der Waals surface area contributed by atoms with Gasteiger partial charge in [-0.25, -0.2) is 10.7 Å². The number of rotatable bonds is 4. The normalized spacial score (nSPS) is 12.7. The second kappa shape index (κ2) is 6.58. The number of ether oxygens (including phenoxy) is 2. The molecular formula is C14H22N2O4. The fourth-order valence-corrected chi connectivity index (χ4v) is 1.56. The van der Waals surface area contributed by atoms with Crippen molar-refractivity contribution < 1.29 is 19.1 Å². The quantitative estimate of drug-likeness (QED) is 0.829. The number of amides is 1. The van der Waals surface area contributed by atoms with Crippen LogP contribution >= 0.6 is 0 Å². The van der Waals surface area contributed by atoms with Crippen LogP contribution in [-0.4, -0.2) is 18.8 Å². The van der Waals surface area contributed by atoms with Gasteiger partial charge in [-0.3, -0.25) is 10.2 Å². The molecule has 1 aromatic carbocycles. The van der Waals surface area contributed by atoms with Crippen molar-refractivity contribution >= 4 is 11.8 Å². The Bertz CT molecular complexity index is 469. The maximum Gasteiger partial charge on any atom is 0.412 e. The molecule has 112 valence electrons. The zero-order valence-corrected chi connectivity index (χ0v) is 12.5. The second-order valence-corrected chi connectivity index (χ2v) is 5.36. The monoisotopic (exact) mass is 282 g/mol. The first-order valence-corrected chi connectivity index (χ1v) is 6.30. The molecule has 0 spiro atoms. The zero-order chi connectivity index (χ0) is 15.3. The molecule has 0 aliphatic carbocycles. The first-order valence-electron chi connectivity index (χ1n) is 6.30. The number of hydrogen-bond donors (Lipinski definition) is 2. The van der Waals surface area contributed by atoms with Crippen molar-refractivity contribution in [3.8, 4) is 5.75 Å². The number of anilines is 1. The summed E-state index contributed by atoms with van der Waals surface area (Å²) in [4.78, 5) is 16.5. The molecule has 6 heteroatoms. The highest BCUT2D eigenvalue weighted by Crippen LogP contribution is 2.29. The summed E-state index contributed by atoms with van der Waals surface area (Å²) in [6, 6.07) is 5.27. The van der Waals surface area contributed by atoms with Crippen molar-refractivity contribution in [3.63, 3.8) is 0 Å². The van der Waals surface area contributed by atoms with E-state index in [0.717, 1.165) is 5.56 Å². The third kappa shape index (κ3) is 4.71. The summed E-state index contributed by atoms with van der Waals surface area (Å²) in [6.07, 6.45) is -0.800. The smallest absolute Gasteiger partial charge is 0.412 e. The van der Waals surface area contributed by atoms with Gasteiger partial charge in [0.05, 0.1) is 12.8 Å². The van der Waals surface area contributed by atoms with Gasteiger partial charge in [-0.1, -0.05) is 6.07 Å². The Kier molecular flexibility index (Phi) is 5.35. The molecule has 0 saturated heterocycles. The first kappa shape index (κ1) is 16.3. The van der Waals surface area contributed by atoms with E-state index in [2.05, 4.69) is 5.32 Å². The lowest BCUT2D eigenvalue weighted by Crippen LogP contribution is -2.27. The Labute approximate surface area is 119 Å². The third-order valence-corrected chi connectivity index (χ3v) is 2.53. The van der Waals surface area contributed by atoms with Crippen LogP contribution in [0.1, 0.15) is 39.4 Å². The standard InChI is InChI=1S/C14H22N2O4/c1-9(20-15)10-6-7-11(12(8-10)18-5)16-13(17)19-14(2,3)4/h6-9H,15H2,1-5H3,(H,16,17). The molecule has 3 N–H and O–H groups in total. The maximum atomic E-state index is 11.7. The molecule has 0 aromatic heterocycles. The summed E-state index contributed by atoms with van der Waals surface area (Å²) in [6.45, 7) is 7.21. The highest BCUT2D eigenvalue weighted by molar-refractivity contribution is 5.87.